The van der Waals surface area contributed by atoms with Gasteiger partial charge in [-0.3, -0.25) is 9.78 Å². The second-order valence-corrected chi connectivity index (χ2v) is 7.22. The van der Waals surface area contributed by atoms with Gasteiger partial charge in [-0.05, 0) is 19.9 Å². The Hall–Kier alpha value is -2.92. The van der Waals surface area contributed by atoms with E-state index in [9.17, 15) is 18.0 Å². The molecule has 158 valence electrons. The number of aromatic nitrogens is 3. The number of hydrogen-bond acceptors (Lipinski definition) is 7. The van der Waals surface area contributed by atoms with Gasteiger partial charge in [-0.25, -0.2) is 15.0 Å². The van der Waals surface area contributed by atoms with Crippen molar-refractivity contribution in [3.63, 3.8) is 0 Å². The van der Waals surface area contributed by atoms with Crippen LogP contribution in [0.2, 0.25) is 5.02 Å². The topological polar surface area (TPSA) is 86.3 Å². The lowest BCUT2D eigenvalue weighted by Gasteiger charge is -2.35. The highest BCUT2D eigenvalue weighted by Crippen LogP contribution is 2.36. The number of aryl methyl sites for hydroxylation is 1. The van der Waals surface area contributed by atoms with Gasteiger partial charge in [0.2, 0.25) is 0 Å². The summed E-state index contributed by atoms with van der Waals surface area (Å²) in [5.41, 5.74) is 6.16. The summed E-state index contributed by atoms with van der Waals surface area (Å²) < 4.78 is 39.3. The van der Waals surface area contributed by atoms with Crippen LogP contribution in [0, 0.1) is 6.92 Å². The lowest BCUT2D eigenvalue weighted by molar-refractivity contribution is -0.141. The van der Waals surface area contributed by atoms with Crippen LogP contribution in [-0.2, 0) is 6.18 Å². The Morgan fingerprint density at radius 2 is 2.00 bits per heavy atom. The van der Waals surface area contributed by atoms with Crippen molar-refractivity contribution in [3.8, 4) is 0 Å². The molecule has 2 aromatic rings. The van der Waals surface area contributed by atoms with E-state index in [4.69, 9.17) is 11.6 Å². The van der Waals surface area contributed by atoms with E-state index in [1.165, 1.54) is 11.0 Å². The Kier molecular flexibility index (Phi) is 5.02. The molecule has 0 spiro atoms. The van der Waals surface area contributed by atoms with Crippen molar-refractivity contribution in [2.45, 2.75) is 32.5 Å². The highest BCUT2D eigenvalue weighted by Gasteiger charge is 2.40. The maximum atomic E-state index is 13.1. The predicted octanol–water partition coefficient (Wildman–Crippen LogP) is 2.83. The monoisotopic (exact) mass is 439 g/mol. The zero-order valence-corrected chi connectivity index (χ0v) is 16.7. The molecule has 1 unspecified atom stereocenters. The minimum absolute atomic E-state index is 0.232. The van der Waals surface area contributed by atoms with Gasteiger partial charge in [0.1, 0.15) is 5.82 Å². The van der Waals surface area contributed by atoms with Crippen LogP contribution in [0.3, 0.4) is 0 Å². The van der Waals surface area contributed by atoms with E-state index in [0.29, 0.717) is 24.6 Å². The number of rotatable bonds is 2. The summed E-state index contributed by atoms with van der Waals surface area (Å²) in [6.45, 7) is 3.86. The second-order valence-electron chi connectivity index (χ2n) is 6.84. The minimum atomic E-state index is -4.75. The average Bonchev–Trinajstić information content (AvgIpc) is 3.12. The van der Waals surface area contributed by atoms with E-state index in [1.807, 2.05) is 0 Å². The van der Waals surface area contributed by atoms with Crippen LogP contribution in [0.5, 0.6) is 0 Å². The van der Waals surface area contributed by atoms with Gasteiger partial charge in [0.05, 0.1) is 28.0 Å². The number of amides is 1. The molecule has 8 nitrogen and oxygen atoms in total. The van der Waals surface area contributed by atoms with Crippen LogP contribution < -0.4 is 16.0 Å². The van der Waals surface area contributed by atoms with Crippen molar-refractivity contribution in [2.24, 2.45) is 0 Å². The third kappa shape index (κ3) is 3.43. The maximum absolute atomic E-state index is 13.1. The fraction of sp³-hybridized carbons (Fsp3) is 0.333. The van der Waals surface area contributed by atoms with Crippen LogP contribution >= 0.6 is 11.6 Å². The Labute approximate surface area is 174 Å². The van der Waals surface area contributed by atoms with Gasteiger partial charge in [0.15, 0.2) is 11.5 Å². The van der Waals surface area contributed by atoms with Crippen LogP contribution in [0.4, 0.5) is 19.0 Å². The molecule has 1 amide bonds. The summed E-state index contributed by atoms with van der Waals surface area (Å²) in [5.74, 6) is 0.654. The third-order valence-corrected chi connectivity index (χ3v) is 5.38. The Morgan fingerprint density at radius 3 is 2.70 bits per heavy atom. The van der Waals surface area contributed by atoms with E-state index in [0.717, 1.165) is 17.6 Å². The van der Waals surface area contributed by atoms with Crippen LogP contribution in [0.15, 0.2) is 35.9 Å². The second kappa shape index (κ2) is 7.40. The first-order valence-corrected chi connectivity index (χ1v) is 9.43. The summed E-state index contributed by atoms with van der Waals surface area (Å²) >= 11 is 5.89. The van der Waals surface area contributed by atoms with Crippen LogP contribution in [0.1, 0.15) is 35.2 Å². The summed E-state index contributed by atoms with van der Waals surface area (Å²) in [7, 11) is 0. The van der Waals surface area contributed by atoms with Crippen molar-refractivity contribution in [1.29, 1.82) is 0 Å². The van der Waals surface area contributed by atoms with Crippen molar-refractivity contribution in [2.75, 3.05) is 11.6 Å². The molecule has 4 heterocycles. The normalized spacial score (nSPS) is 19.1. The molecule has 0 aliphatic carbocycles. The molecule has 0 saturated carbocycles. The number of hydrogen-bond donors (Lipinski definition) is 2. The van der Waals surface area contributed by atoms with E-state index < -0.39 is 28.8 Å². The van der Waals surface area contributed by atoms with Crippen LogP contribution in [-0.4, -0.2) is 38.3 Å². The molecule has 2 aliphatic heterocycles. The van der Waals surface area contributed by atoms with Gasteiger partial charge in [-0.2, -0.15) is 13.2 Å². The zero-order chi connectivity index (χ0) is 21.6. The average molecular weight is 440 g/mol. The van der Waals surface area contributed by atoms with E-state index in [-0.39, 0.29) is 5.56 Å². The fourth-order valence-corrected chi connectivity index (χ4v) is 3.85. The predicted molar refractivity (Wildman–Crippen MR) is 102 cm³/mol. The molecule has 2 aromatic heterocycles. The van der Waals surface area contributed by atoms with Gasteiger partial charge in [-0.15, -0.1) is 5.53 Å². The number of alkyl halides is 3. The number of carbonyl (C=O) groups is 1. The van der Waals surface area contributed by atoms with Gasteiger partial charge in [0.25, 0.3) is 5.91 Å². The molecular weight excluding hydrogens is 423 g/mol. The summed E-state index contributed by atoms with van der Waals surface area (Å²) in [6.07, 6.45) is -1.70. The van der Waals surface area contributed by atoms with Gasteiger partial charge in [0, 0.05) is 31.4 Å². The first kappa shape index (κ1) is 20.4. The molecule has 0 bridgehead atoms. The molecule has 0 radical (unpaired) electrons. The smallest absolute Gasteiger partial charge is 0.330 e. The first-order chi connectivity index (χ1) is 14.2. The van der Waals surface area contributed by atoms with E-state index >= 15 is 0 Å². The number of nitrogens with one attached hydrogen (secondary N) is 2. The molecule has 0 saturated heterocycles. The van der Waals surface area contributed by atoms with Gasteiger partial charge in [-0.1, -0.05) is 11.6 Å². The fourth-order valence-electron chi connectivity index (χ4n) is 3.55. The Bertz CT molecular complexity index is 1040. The largest absolute Gasteiger partial charge is 0.434 e. The lowest BCUT2D eigenvalue weighted by Crippen LogP contribution is -2.46. The third-order valence-electron chi connectivity index (χ3n) is 5.00. The SMILES string of the molecule is Cc1nccc(N2NNC3=C2CCN(C(=O)c2ccnc(C(F)(F)F)c2Cl)C3C)n1. The van der Waals surface area contributed by atoms with E-state index in [2.05, 4.69) is 25.9 Å². The summed E-state index contributed by atoms with van der Waals surface area (Å²) in [4.78, 5) is 26.3. The molecule has 0 fully saturated rings. The number of pyridine rings is 1. The van der Waals surface area contributed by atoms with Crippen LogP contribution in [0.25, 0.3) is 0 Å². The molecule has 1 atom stereocenters. The maximum Gasteiger partial charge on any atom is 0.434 e. The standard InChI is InChI=1S/C18H17ClF3N7O/c1-9-15-12(29(27-26-15)13-4-7-23-10(2)25-13)5-8-28(9)17(30)11-3-6-24-16(14(11)19)18(20,21)22/h3-4,6-7,9,26-27H,5,8H2,1-2H3. The number of halogens is 4. The molecule has 30 heavy (non-hydrogen) atoms. The number of nitrogens with zero attached hydrogens (tertiary/aromatic N) is 5. The highest BCUT2D eigenvalue weighted by molar-refractivity contribution is 6.34. The molecule has 0 aromatic carbocycles. The number of anilines is 1. The number of carbonyl (C=O) groups excluding carboxylic acids is 1. The van der Waals surface area contributed by atoms with Crippen molar-refractivity contribution in [3.05, 3.63) is 58.0 Å². The summed E-state index contributed by atoms with van der Waals surface area (Å²) in [5, 5.41) is 1.07. The van der Waals surface area contributed by atoms with Gasteiger partial charge >= 0.3 is 6.18 Å². The Morgan fingerprint density at radius 1 is 1.27 bits per heavy atom. The minimum Gasteiger partial charge on any atom is -0.330 e. The van der Waals surface area contributed by atoms with Gasteiger partial charge < -0.3 is 10.3 Å². The molecule has 2 aliphatic rings. The Balaban J connectivity index is 1.62. The summed E-state index contributed by atoms with van der Waals surface area (Å²) in [6, 6.07) is 2.52. The molecular formula is C18H17ClF3N7O. The molecule has 2 N–H and O–H groups in total. The first-order valence-electron chi connectivity index (χ1n) is 9.05. The zero-order valence-electron chi connectivity index (χ0n) is 16.0. The van der Waals surface area contributed by atoms with E-state index in [1.54, 1.807) is 31.1 Å². The molecule has 12 heteroatoms. The lowest BCUT2D eigenvalue weighted by atomic mass is 10.0. The van der Waals surface area contributed by atoms with Crippen molar-refractivity contribution < 1.29 is 18.0 Å². The molecule has 4 rings (SSSR count). The number of hydrazine groups is 2. The van der Waals surface area contributed by atoms with Crippen molar-refractivity contribution >= 4 is 23.3 Å². The highest BCUT2D eigenvalue weighted by atomic mass is 35.5. The quantitative estimate of drug-likeness (QED) is 0.744. The van der Waals surface area contributed by atoms with Crippen molar-refractivity contribution in [1.82, 2.24) is 30.8 Å².